The lowest BCUT2D eigenvalue weighted by molar-refractivity contribution is -0.138. The van der Waals surface area contributed by atoms with Gasteiger partial charge in [0.15, 0.2) is 0 Å². The first-order chi connectivity index (χ1) is 3.22. The molecule has 0 aliphatic heterocycles. The molecule has 1 saturated carbocycles. The average Bonchev–Trinajstić information content (AvgIpc) is 2.17. The SMILES string of the molecule is O=C(O)[C@@H]1C[C@@H]1Cl. The largest absolute Gasteiger partial charge is 0.481 e. The Labute approximate surface area is 46.1 Å². The van der Waals surface area contributed by atoms with Crippen molar-refractivity contribution in [3.05, 3.63) is 0 Å². The number of hydrogen-bond acceptors (Lipinski definition) is 1. The summed E-state index contributed by atoms with van der Waals surface area (Å²) >= 11 is 5.37. The molecule has 40 valence electrons. The fourth-order valence-electron chi connectivity index (χ4n) is 0.420. The summed E-state index contributed by atoms with van der Waals surface area (Å²) in [6.45, 7) is 0. The Morgan fingerprint density at radius 3 is 2.29 bits per heavy atom. The molecule has 2 nitrogen and oxygen atoms in total. The van der Waals surface area contributed by atoms with E-state index >= 15 is 0 Å². The summed E-state index contributed by atoms with van der Waals surface area (Å²) < 4.78 is 0. The summed E-state index contributed by atoms with van der Waals surface area (Å²) in [4.78, 5) is 9.89. The molecule has 1 N–H and O–H groups in total. The summed E-state index contributed by atoms with van der Waals surface area (Å²) in [5.41, 5.74) is 0. The number of alkyl halides is 1. The van der Waals surface area contributed by atoms with Crippen LogP contribution in [0.5, 0.6) is 0 Å². The molecule has 0 aromatic rings. The van der Waals surface area contributed by atoms with Gasteiger partial charge in [-0.2, -0.15) is 0 Å². The number of halogens is 1. The first-order valence-corrected chi connectivity index (χ1v) is 2.52. The van der Waals surface area contributed by atoms with Crippen molar-refractivity contribution in [2.45, 2.75) is 11.8 Å². The van der Waals surface area contributed by atoms with Crippen LogP contribution in [0, 0.1) is 5.92 Å². The van der Waals surface area contributed by atoms with E-state index in [1.165, 1.54) is 0 Å². The monoisotopic (exact) mass is 120 g/mol. The zero-order valence-electron chi connectivity index (χ0n) is 3.60. The van der Waals surface area contributed by atoms with Gasteiger partial charge in [-0.1, -0.05) is 0 Å². The Kier molecular flexibility index (Phi) is 0.961. The van der Waals surface area contributed by atoms with Crippen molar-refractivity contribution in [1.82, 2.24) is 0 Å². The molecular weight excluding hydrogens is 115 g/mol. The lowest BCUT2D eigenvalue weighted by Crippen LogP contribution is -1.98. The van der Waals surface area contributed by atoms with Gasteiger partial charge in [0, 0.05) is 5.38 Å². The van der Waals surface area contributed by atoms with E-state index < -0.39 is 5.97 Å². The van der Waals surface area contributed by atoms with Crippen LogP contribution in [0.4, 0.5) is 0 Å². The van der Waals surface area contributed by atoms with Gasteiger partial charge >= 0.3 is 5.97 Å². The molecule has 1 aliphatic rings. The zero-order valence-corrected chi connectivity index (χ0v) is 4.35. The molecule has 0 amide bonds. The maximum Gasteiger partial charge on any atom is 0.308 e. The quantitative estimate of drug-likeness (QED) is 0.517. The van der Waals surface area contributed by atoms with Crippen LogP contribution in [-0.4, -0.2) is 16.5 Å². The van der Waals surface area contributed by atoms with E-state index in [0.717, 1.165) is 0 Å². The molecule has 0 unspecified atom stereocenters. The minimum absolute atomic E-state index is 0.0856. The van der Waals surface area contributed by atoms with Gasteiger partial charge in [0.2, 0.25) is 0 Å². The van der Waals surface area contributed by atoms with Crippen LogP contribution in [0.2, 0.25) is 0 Å². The fraction of sp³-hybridized carbons (Fsp3) is 0.750. The van der Waals surface area contributed by atoms with E-state index in [1.807, 2.05) is 0 Å². The van der Waals surface area contributed by atoms with Crippen molar-refractivity contribution in [2.24, 2.45) is 5.92 Å². The van der Waals surface area contributed by atoms with E-state index in [2.05, 4.69) is 0 Å². The maximum atomic E-state index is 9.89. The van der Waals surface area contributed by atoms with Gasteiger partial charge in [0.25, 0.3) is 0 Å². The summed E-state index contributed by atoms with van der Waals surface area (Å²) in [7, 11) is 0. The summed E-state index contributed by atoms with van der Waals surface area (Å²) in [5, 5.41) is 8.05. The second-order valence-electron chi connectivity index (χ2n) is 1.70. The topological polar surface area (TPSA) is 37.3 Å². The highest BCUT2D eigenvalue weighted by molar-refractivity contribution is 6.24. The molecule has 0 aromatic carbocycles. The Balaban J connectivity index is 2.33. The highest BCUT2D eigenvalue weighted by Crippen LogP contribution is 2.35. The van der Waals surface area contributed by atoms with Gasteiger partial charge in [-0.25, -0.2) is 0 Å². The van der Waals surface area contributed by atoms with Gasteiger partial charge in [-0.05, 0) is 6.42 Å². The molecular formula is C4H5ClO2. The third-order valence-electron chi connectivity index (χ3n) is 1.03. The molecule has 1 rings (SSSR count). The van der Waals surface area contributed by atoms with E-state index in [-0.39, 0.29) is 11.3 Å². The molecule has 1 aliphatic carbocycles. The first-order valence-electron chi connectivity index (χ1n) is 2.08. The lowest BCUT2D eigenvalue weighted by atomic mass is 10.5. The first kappa shape index (κ1) is 4.91. The van der Waals surface area contributed by atoms with Crippen molar-refractivity contribution in [3.8, 4) is 0 Å². The van der Waals surface area contributed by atoms with Crippen molar-refractivity contribution >= 4 is 17.6 Å². The van der Waals surface area contributed by atoms with Crippen LogP contribution in [0.1, 0.15) is 6.42 Å². The van der Waals surface area contributed by atoms with Gasteiger partial charge in [-0.15, -0.1) is 11.6 Å². The Hall–Kier alpha value is -0.240. The van der Waals surface area contributed by atoms with Gasteiger partial charge in [-0.3, -0.25) is 4.79 Å². The number of hydrogen-bond donors (Lipinski definition) is 1. The molecule has 0 bridgehead atoms. The summed E-state index contributed by atoms with van der Waals surface area (Å²) in [5.74, 6) is -1.01. The van der Waals surface area contributed by atoms with E-state index in [9.17, 15) is 4.79 Å². The minimum atomic E-state index is -0.764. The third-order valence-corrected chi connectivity index (χ3v) is 1.51. The maximum absolute atomic E-state index is 9.89. The fourth-order valence-corrected chi connectivity index (χ4v) is 0.719. The highest BCUT2D eigenvalue weighted by Gasteiger charge is 2.41. The standard InChI is InChI=1S/C4H5ClO2/c5-3-1-2(3)4(6)7/h2-3H,1H2,(H,6,7)/t2-,3+/m1/s1. The van der Waals surface area contributed by atoms with Gasteiger partial charge < -0.3 is 5.11 Å². The van der Waals surface area contributed by atoms with Crippen LogP contribution < -0.4 is 0 Å². The van der Waals surface area contributed by atoms with Crippen LogP contribution >= 0.6 is 11.6 Å². The van der Waals surface area contributed by atoms with Crippen molar-refractivity contribution in [3.63, 3.8) is 0 Å². The number of rotatable bonds is 1. The number of aliphatic carboxylic acids is 1. The zero-order chi connectivity index (χ0) is 5.44. The summed E-state index contributed by atoms with van der Waals surface area (Å²) in [6.07, 6.45) is 0.650. The van der Waals surface area contributed by atoms with Gasteiger partial charge in [0.1, 0.15) is 0 Å². The normalized spacial score (nSPS) is 37.9. The van der Waals surface area contributed by atoms with E-state index in [0.29, 0.717) is 6.42 Å². The highest BCUT2D eigenvalue weighted by atomic mass is 35.5. The summed E-state index contributed by atoms with van der Waals surface area (Å²) in [6, 6.07) is 0. The van der Waals surface area contributed by atoms with Crippen molar-refractivity contribution in [2.75, 3.05) is 0 Å². The minimum Gasteiger partial charge on any atom is -0.481 e. The molecule has 0 radical (unpaired) electrons. The van der Waals surface area contributed by atoms with Crippen LogP contribution in [-0.2, 0) is 4.79 Å². The van der Waals surface area contributed by atoms with Crippen LogP contribution in [0.3, 0.4) is 0 Å². The molecule has 0 heterocycles. The molecule has 7 heavy (non-hydrogen) atoms. The average molecular weight is 121 g/mol. The predicted octanol–water partition coefficient (Wildman–Crippen LogP) is 0.698. The molecule has 1 fully saturated rings. The predicted molar refractivity (Wildman–Crippen MR) is 25.4 cm³/mol. The van der Waals surface area contributed by atoms with Crippen molar-refractivity contribution in [1.29, 1.82) is 0 Å². The number of carboxylic acids is 1. The third kappa shape index (κ3) is 0.855. The Bertz CT molecular complexity index is 102. The lowest BCUT2D eigenvalue weighted by Gasteiger charge is -1.78. The van der Waals surface area contributed by atoms with E-state index in [4.69, 9.17) is 16.7 Å². The Morgan fingerprint density at radius 2 is 2.29 bits per heavy atom. The number of carbonyl (C=O) groups is 1. The second-order valence-corrected chi connectivity index (χ2v) is 2.26. The molecule has 2 atom stereocenters. The molecule has 0 spiro atoms. The molecule has 0 saturated heterocycles. The van der Waals surface area contributed by atoms with Crippen molar-refractivity contribution < 1.29 is 9.90 Å². The van der Waals surface area contributed by atoms with Gasteiger partial charge in [0.05, 0.1) is 5.92 Å². The number of carboxylic acid groups (broad SMARTS) is 1. The second kappa shape index (κ2) is 1.37. The molecule has 3 heteroatoms. The smallest absolute Gasteiger partial charge is 0.308 e. The molecule has 0 aromatic heterocycles. The van der Waals surface area contributed by atoms with E-state index in [1.54, 1.807) is 0 Å². The Morgan fingerprint density at radius 1 is 1.86 bits per heavy atom. The van der Waals surface area contributed by atoms with Crippen LogP contribution in [0.25, 0.3) is 0 Å². The van der Waals surface area contributed by atoms with Crippen LogP contribution in [0.15, 0.2) is 0 Å².